The Kier molecular flexibility index (Phi) is 2.66. The van der Waals surface area contributed by atoms with E-state index in [4.69, 9.17) is 0 Å². The summed E-state index contributed by atoms with van der Waals surface area (Å²) in [6, 6.07) is 0. The lowest BCUT2D eigenvalue weighted by molar-refractivity contribution is 0.773. The summed E-state index contributed by atoms with van der Waals surface area (Å²) in [6.45, 7) is 2.63. The molecule has 0 unspecified atom stereocenters. The summed E-state index contributed by atoms with van der Waals surface area (Å²) in [5.41, 5.74) is 1.77. The smallest absolute Gasteiger partial charge is 0.163 e. The number of fused-ring (bicyclic) bond motifs is 1. The van der Waals surface area contributed by atoms with E-state index >= 15 is 0 Å². The number of H-pyrrole nitrogens is 1. The number of anilines is 1. The lowest BCUT2D eigenvalue weighted by Gasteiger charge is -2.17. The first-order chi connectivity index (χ1) is 9.16. The molecule has 3 aromatic rings. The van der Waals surface area contributed by atoms with E-state index in [-0.39, 0.29) is 0 Å². The van der Waals surface area contributed by atoms with Crippen molar-refractivity contribution in [1.29, 1.82) is 0 Å². The largest absolute Gasteiger partial charge is 0.351 e. The second-order valence-corrected chi connectivity index (χ2v) is 4.50. The Hall–Kier alpha value is -2.44. The van der Waals surface area contributed by atoms with Gasteiger partial charge in [-0.15, -0.1) is 0 Å². The summed E-state index contributed by atoms with van der Waals surface area (Å²) in [4.78, 5) is 18.0. The van der Waals surface area contributed by atoms with Crippen LogP contribution in [0.15, 0.2) is 18.7 Å². The summed E-state index contributed by atoms with van der Waals surface area (Å²) in [6.07, 6.45) is 5.12. The molecule has 3 aromatic heterocycles. The van der Waals surface area contributed by atoms with Gasteiger partial charge in [-0.2, -0.15) is 5.10 Å². The first kappa shape index (κ1) is 11.6. The molecule has 3 heterocycles. The Morgan fingerprint density at radius 1 is 1.32 bits per heavy atom. The highest BCUT2D eigenvalue weighted by Crippen LogP contribution is 2.25. The predicted molar refractivity (Wildman–Crippen MR) is 71.7 cm³/mol. The van der Waals surface area contributed by atoms with Crippen LogP contribution < -0.4 is 4.90 Å². The highest BCUT2D eigenvalue weighted by atomic mass is 15.3. The van der Waals surface area contributed by atoms with Gasteiger partial charge in [0.2, 0.25) is 0 Å². The zero-order valence-corrected chi connectivity index (χ0v) is 11.1. The number of nitrogens with one attached hydrogen (secondary N) is 1. The van der Waals surface area contributed by atoms with E-state index in [1.165, 1.54) is 0 Å². The fourth-order valence-corrected chi connectivity index (χ4v) is 2.23. The number of aromatic amines is 1. The molecule has 0 aliphatic rings. The number of rotatable bonds is 3. The van der Waals surface area contributed by atoms with Crippen molar-refractivity contribution in [3.63, 3.8) is 0 Å². The van der Waals surface area contributed by atoms with Gasteiger partial charge in [-0.3, -0.25) is 4.68 Å². The van der Waals surface area contributed by atoms with E-state index in [0.717, 1.165) is 28.4 Å². The van der Waals surface area contributed by atoms with Crippen LogP contribution in [0.5, 0.6) is 0 Å². The van der Waals surface area contributed by atoms with E-state index < -0.39 is 0 Å². The molecule has 0 amide bonds. The molecular weight excluding hydrogens is 242 g/mol. The van der Waals surface area contributed by atoms with Crippen molar-refractivity contribution < 1.29 is 0 Å². The molecule has 0 bridgehead atoms. The Labute approximate surface area is 110 Å². The maximum Gasteiger partial charge on any atom is 0.163 e. The molecule has 0 atom stereocenters. The van der Waals surface area contributed by atoms with E-state index in [1.54, 1.807) is 17.2 Å². The second kappa shape index (κ2) is 4.34. The first-order valence-electron chi connectivity index (χ1n) is 6.00. The highest BCUT2D eigenvalue weighted by molar-refractivity contribution is 5.89. The third-order valence-corrected chi connectivity index (χ3v) is 3.08. The summed E-state index contributed by atoms with van der Waals surface area (Å²) < 4.78 is 1.77. The molecule has 98 valence electrons. The van der Waals surface area contributed by atoms with Crippen molar-refractivity contribution in [2.75, 3.05) is 11.9 Å². The van der Waals surface area contributed by atoms with E-state index in [9.17, 15) is 0 Å². The minimum Gasteiger partial charge on any atom is -0.351 e. The lowest BCUT2D eigenvalue weighted by atomic mass is 10.3. The topological polar surface area (TPSA) is 75.5 Å². The van der Waals surface area contributed by atoms with Crippen molar-refractivity contribution in [3.8, 4) is 0 Å². The molecule has 1 N–H and O–H groups in total. The van der Waals surface area contributed by atoms with Gasteiger partial charge in [0.1, 0.15) is 18.0 Å². The number of hydrogen-bond acceptors (Lipinski definition) is 5. The van der Waals surface area contributed by atoms with Crippen LogP contribution in [0.3, 0.4) is 0 Å². The van der Waals surface area contributed by atoms with Gasteiger partial charge in [0, 0.05) is 26.5 Å². The van der Waals surface area contributed by atoms with Crippen molar-refractivity contribution in [1.82, 2.24) is 29.7 Å². The van der Waals surface area contributed by atoms with Crippen LogP contribution in [-0.4, -0.2) is 36.8 Å². The minimum atomic E-state index is 0.660. The average molecular weight is 257 g/mol. The molecule has 7 nitrogen and oxygen atoms in total. The van der Waals surface area contributed by atoms with Gasteiger partial charge in [-0.25, -0.2) is 15.0 Å². The number of hydrogen-bond donors (Lipinski definition) is 1. The van der Waals surface area contributed by atoms with Crippen LogP contribution in [0.1, 0.15) is 11.5 Å². The number of nitrogens with zero attached hydrogens (tertiary/aromatic N) is 6. The van der Waals surface area contributed by atoms with Crippen molar-refractivity contribution >= 4 is 16.9 Å². The monoisotopic (exact) mass is 257 g/mol. The molecular formula is C12H15N7. The van der Waals surface area contributed by atoms with Crippen molar-refractivity contribution in [2.45, 2.75) is 13.5 Å². The number of aromatic nitrogens is 6. The van der Waals surface area contributed by atoms with Gasteiger partial charge in [-0.1, -0.05) is 0 Å². The van der Waals surface area contributed by atoms with Gasteiger partial charge in [-0.05, 0) is 6.92 Å². The second-order valence-electron chi connectivity index (χ2n) is 4.50. The Balaban J connectivity index is 2.04. The van der Waals surface area contributed by atoms with Crippen LogP contribution >= 0.6 is 0 Å². The van der Waals surface area contributed by atoms with E-state index in [2.05, 4.69) is 25.0 Å². The van der Waals surface area contributed by atoms with Crippen LogP contribution in [0.4, 0.5) is 5.82 Å². The molecule has 3 rings (SSSR count). The zero-order valence-electron chi connectivity index (χ0n) is 11.1. The van der Waals surface area contributed by atoms with Gasteiger partial charge >= 0.3 is 0 Å². The summed E-state index contributed by atoms with van der Waals surface area (Å²) in [5, 5.41) is 5.38. The molecule has 0 fully saturated rings. The maximum absolute atomic E-state index is 4.39. The van der Waals surface area contributed by atoms with Crippen molar-refractivity contribution in [2.24, 2.45) is 7.05 Å². The molecule has 0 radical (unpaired) electrons. The third-order valence-electron chi connectivity index (χ3n) is 3.08. The molecule has 0 aliphatic carbocycles. The molecule has 19 heavy (non-hydrogen) atoms. The molecule has 0 spiro atoms. The van der Waals surface area contributed by atoms with Gasteiger partial charge in [0.25, 0.3) is 0 Å². The molecule has 7 heteroatoms. The molecule has 0 saturated carbocycles. The fraction of sp³-hybridized carbons (Fsp3) is 0.333. The highest BCUT2D eigenvalue weighted by Gasteiger charge is 2.15. The van der Waals surface area contributed by atoms with Crippen molar-refractivity contribution in [3.05, 3.63) is 30.2 Å². The average Bonchev–Trinajstić information content (AvgIpc) is 2.99. The van der Waals surface area contributed by atoms with E-state index in [1.807, 2.05) is 32.1 Å². The Bertz CT molecular complexity index is 698. The quantitative estimate of drug-likeness (QED) is 0.758. The minimum absolute atomic E-state index is 0.660. The molecule has 0 saturated heterocycles. The number of imidazole rings is 1. The van der Waals surface area contributed by atoms with Crippen LogP contribution in [-0.2, 0) is 13.6 Å². The van der Waals surface area contributed by atoms with Gasteiger partial charge < -0.3 is 9.88 Å². The van der Waals surface area contributed by atoms with Crippen LogP contribution in [0.25, 0.3) is 11.0 Å². The first-order valence-corrected chi connectivity index (χ1v) is 6.00. The standard InChI is InChI=1S/C12H15N7/c1-8-10-11(15-7-16-12(10)19(3)17-8)18(2)6-9-13-4-5-14-9/h4-5,7H,6H2,1-3H3,(H,13,14). The van der Waals surface area contributed by atoms with Crippen LogP contribution in [0, 0.1) is 6.92 Å². The fourth-order valence-electron chi connectivity index (χ4n) is 2.23. The Morgan fingerprint density at radius 2 is 2.16 bits per heavy atom. The van der Waals surface area contributed by atoms with Crippen LogP contribution in [0.2, 0.25) is 0 Å². The molecule has 0 aromatic carbocycles. The summed E-state index contributed by atoms with van der Waals surface area (Å²) in [7, 11) is 3.87. The SMILES string of the molecule is Cc1nn(C)c2ncnc(N(C)Cc3ncc[nH]3)c12. The maximum atomic E-state index is 4.39. The molecule has 0 aliphatic heterocycles. The summed E-state index contributed by atoms with van der Waals surface area (Å²) >= 11 is 0. The lowest BCUT2D eigenvalue weighted by Crippen LogP contribution is -2.19. The summed E-state index contributed by atoms with van der Waals surface area (Å²) in [5.74, 6) is 1.77. The van der Waals surface area contributed by atoms with Gasteiger partial charge in [0.05, 0.1) is 17.6 Å². The third kappa shape index (κ3) is 1.92. The Morgan fingerprint density at radius 3 is 2.89 bits per heavy atom. The van der Waals surface area contributed by atoms with Gasteiger partial charge in [0.15, 0.2) is 5.65 Å². The predicted octanol–water partition coefficient (Wildman–Crippen LogP) is 1.03. The zero-order chi connectivity index (χ0) is 13.4. The van der Waals surface area contributed by atoms with E-state index in [0.29, 0.717) is 6.54 Å². The number of aryl methyl sites for hydroxylation is 2. The normalized spacial score (nSPS) is 11.1.